The van der Waals surface area contributed by atoms with Gasteiger partial charge in [0.25, 0.3) is 0 Å². The fraction of sp³-hybridized carbons (Fsp3) is 0.208. The molecule has 13 heteroatoms. The minimum Gasteiger partial charge on any atom is -0.506 e. The van der Waals surface area contributed by atoms with Crippen LogP contribution in [-0.4, -0.2) is 38.8 Å². The molecule has 0 aromatic heterocycles. The summed E-state index contributed by atoms with van der Waals surface area (Å²) in [4.78, 5) is 12.3. The summed E-state index contributed by atoms with van der Waals surface area (Å²) in [5.41, 5.74) is 1.70. The van der Waals surface area contributed by atoms with Crippen LogP contribution in [0, 0.1) is 0 Å². The average Bonchev–Trinajstić information content (AvgIpc) is 2.79. The Morgan fingerprint density at radius 2 is 1.51 bits per heavy atom. The third-order valence-corrected chi connectivity index (χ3v) is 5.29. The zero-order valence-corrected chi connectivity index (χ0v) is 20.3. The van der Waals surface area contributed by atoms with Crippen LogP contribution in [0.4, 0.5) is 35.0 Å². The number of rotatable bonds is 10. The summed E-state index contributed by atoms with van der Waals surface area (Å²) in [6, 6.07) is 15.6. The molecule has 198 valence electrons. The second-order valence-corrected chi connectivity index (χ2v) is 9.60. The number of anilines is 3. The fourth-order valence-corrected chi connectivity index (χ4v) is 3.71. The summed E-state index contributed by atoms with van der Waals surface area (Å²) in [5.74, 6) is -0.183. The maximum absolute atomic E-state index is 12.3. The highest BCUT2D eigenvalue weighted by Crippen LogP contribution is 2.28. The molecule has 0 aliphatic rings. The first-order valence-electron chi connectivity index (χ1n) is 10.8. The summed E-state index contributed by atoms with van der Waals surface area (Å²) in [6.45, 7) is 0.352. The Bertz CT molecular complexity index is 1320. The number of ether oxygens (including phenoxy) is 2. The largest absolute Gasteiger partial charge is 0.573 e. The van der Waals surface area contributed by atoms with Gasteiger partial charge in [0.05, 0.1) is 18.6 Å². The number of hydrogen-bond acceptors (Lipinski definition) is 6. The predicted octanol–water partition coefficient (Wildman–Crippen LogP) is 5.32. The smallest absolute Gasteiger partial charge is 0.506 e. The Hall–Kier alpha value is -4.13. The maximum atomic E-state index is 12.3. The second-order valence-electron chi connectivity index (χ2n) is 7.85. The van der Waals surface area contributed by atoms with Crippen LogP contribution in [0.2, 0.25) is 0 Å². The Kier molecular flexibility index (Phi) is 8.71. The Labute approximate surface area is 211 Å². The summed E-state index contributed by atoms with van der Waals surface area (Å²) in [6.07, 6.45) is -2.48. The number of nitrogens with one attached hydrogen (secondary N) is 3. The molecule has 0 saturated heterocycles. The van der Waals surface area contributed by atoms with Gasteiger partial charge < -0.3 is 25.2 Å². The normalized spacial score (nSPS) is 11.5. The zero-order chi connectivity index (χ0) is 27.1. The van der Waals surface area contributed by atoms with E-state index in [0.29, 0.717) is 30.9 Å². The first-order chi connectivity index (χ1) is 17.4. The zero-order valence-electron chi connectivity index (χ0n) is 19.5. The highest BCUT2D eigenvalue weighted by Gasteiger charge is 2.30. The van der Waals surface area contributed by atoms with Gasteiger partial charge >= 0.3 is 12.4 Å². The van der Waals surface area contributed by atoms with E-state index in [9.17, 15) is 31.5 Å². The van der Waals surface area contributed by atoms with Crippen molar-refractivity contribution in [2.75, 3.05) is 28.2 Å². The maximum Gasteiger partial charge on any atom is 0.573 e. The van der Waals surface area contributed by atoms with Gasteiger partial charge in [-0.3, -0.25) is 4.72 Å². The van der Waals surface area contributed by atoms with Crippen molar-refractivity contribution >= 4 is 33.1 Å². The molecular formula is C24H24F3N3O6S. The van der Waals surface area contributed by atoms with E-state index >= 15 is 0 Å². The number of aryl methyl sites for hydroxylation is 1. The molecular weight excluding hydrogens is 515 g/mol. The Morgan fingerprint density at radius 1 is 0.919 bits per heavy atom. The second kappa shape index (κ2) is 11.7. The van der Waals surface area contributed by atoms with Gasteiger partial charge in [0, 0.05) is 11.4 Å². The number of hydrogen-bond donors (Lipinski definition) is 4. The van der Waals surface area contributed by atoms with Crippen LogP contribution in [0.3, 0.4) is 0 Å². The molecule has 37 heavy (non-hydrogen) atoms. The number of phenolic OH excluding ortho intramolecular Hbond substituents is 1. The quantitative estimate of drug-likeness (QED) is 0.157. The molecule has 4 N–H and O–H groups in total. The van der Waals surface area contributed by atoms with Crippen molar-refractivity contribution in [3.05, 3.63) is 72.3 Å². The van der Waals surface area contributed by atoms with Crippen molar-refractivity contribution < 1.29 is 41.0 Å². The van der Waals surface area contributed by atoms with Gasteiger partial charge in [0.1, 0.15) is 17.2 Å². The monoisotopic (exact) mass is 539 g/mol. The predicted molar refractivity (Wildman–Crippen MR) is 133 cm³/mol. The molecule has 0 fully saturated rings. The first kappa shape index (κ1) is 27.5. The van der Waals surface area contributed by atoms with Gasteiger partial charge in [-0.05, 0) is 73.0 Å². The van der Waals surface area contributed by atoms with Crippen molar-refractivity contribution in [1.82, 2.24) is 0 Å². The molecule has 0 bridgehead atoms. The molecule has 0 saturated carbocycles. The van der Waals surface area contributed by atoms with Gasteiger partial charge in [-0.25, -0.2) is 13.2 Å². The van der Waals surface area contributed by atoms with Crippen molar-refractivity contribution in [2.45, 2.75) is 19.2 Å². The molecule has 3 rings (SSSR count). The number of sulfonamides is 1. The lowest BCUT2D eigenvalue weighted by Gasteiger charge is -2.11. The van der Waals surface area contributed by atoms with E-state index < -0.39 is 22.4 Å². The molecule has 3 aromatic rings. The van der Waals surface area contributed by atoms with Crippen LogP contribution in [0.15, 0.2) is 66.7 Å². The number of aromatic hydroxyl groups is 1. The first-order valence-corrected chi connectivity index (χ1v) is 12.7. The highest BCUT2D eigenvalue weighted by atomic mass is 32.2. The minimum absolute atomic E-state index is 0.0684. The number of urea groups is 1. The summed E-state index contributed by atoms with van der Waals surface area (Å²) >= 11 is 0. The fourth-order valence-electron chi connectivity index (χ4n) is 3.15. The van der Waals surface area contributed by atoms with Crippen LogP contribution in [-0.2, 0) is 16.4 Å². The highest BCUT2D eigenvalue weighted by molar-refractivity contribution is 7.92. The summed E-state index contributed by atoms with van der Waals surface area (Å²) in [7, 11) is -3.61. The van der Waals surface area contributed by atoms with Crippen molar-refractivity contribution in [2.24, 2.45) is 0 Å². The number of carbonyl (C=O) groups is 1. The lowest BCUT2D eigenvalue weighted by atomic mass is 10.1. The molecule has 0 heterocycles. The Morgan fingerprint density at radius 3 is 2.14 bits per heavy atom. The third-order valence-electron chi connectivity index (χ3n) is 4.70. The summed E-state index contributed by atoms with van der Waals surface area (Å²) in [5, 5.41) is 15.0. The van der Waals surface area contributed by atoms with Crippen LogP contribution in [0.1, 0.15) is 12.0 Å². The molecule has 0 atom stereocenters. The van der Waals surface area contributed by atoms with Gasteiger partial charge in [-0.2, -0.15) is 0 Å². The van der Waals surface area contributed by atoms with Crippen LogP contribution in [0.25, 0.3) is 0 Å². The molecule has 0 aliphatic heterocycles. The van der Waals surface area contributed by atoms with E-state index in [1.165, 1.54) is 42.5 Å². The average molecular weight is 540 g/mol. The SMILES string of the molecule is CS(=O)(=O)Nc1cc(NC(=O)Nc2ccc(CCCOc3ccc(OC(F)(F)F)cc3)cc2)ccc1O. The van der Waals surface area contributed by atoms with E-state index in [2.05, 4.69) is 20.1 Å². The summed E-state index contributed by atoms with van der Waals surface area (Å²) < 4.78 is 70.9. The lowest BCUT2D eigenvalue weighted by molar-refractivity contribution is -0.274. The number of benzene rings is 3. The minimum atomic E-state index is -4.74. The van der Waals surface area contributed by atoms with Gasteiger partial charge in [-0.1, -0.05) is 12.1 Å². The van der Waals surface area contributed by atoms with Crippen LogP contribution < -0.4 is 24.8 Å². The van der Waals surface area contributed by atoms with E-state index in [-0.39, 0.29) is 22.9 Å². The molecule has 9 nitrogen and oxygen atoms in total. The topological polar surface area (TPSA) is 126 Å². The van der Waals surface area contributed by atoms with Crippen LogP contribution in [0.5, 0.6) is 17.2 Å². The molecule has 3 aromatic carbocycles. The van der Waals surface area contributed by atoms with Crippen molar-refractivity contribution in [3.63, 3.8) is 0 Å². The molecule has 0 aliphatic carbocycles. The van der Waals surface area contributed by atoms with Gasteiger partial charge in [0.15, 0.2) is 0 Å². The molecule has 0 spiro atoms. The standard InChI is InChI=1S/C24H24F3N3O6S/c1-37(33,34)30-21-15-18(8-13-22(21)31)29-23(32)28-17-6-4-16(5-7-17)3-2-14-35-19-9-11-20(12-10-19)36-24(25,26)27/h4-13,15,30-31H,2-3,14H2,1H3,(H2,28,29,32). The molecule has 0 radical (unpaired) electrons. The van der Waals surface area contributed by atoms with E-state index in [1.54, 1.807) is 12.1 Å². The number of amides is 2. The number of alkyl halides is 3. The van der Waals surface area contributed by atoms with Crippen molar-refractivity contribution in [3.8, 4) is 17.2 Å². The van der Waals surface area contributed by atoms with Gasteiger partial charge in [0.2, 0.25) is 10.0 Å². The number of halogens is 3. The lowest BCUT2D eigenvalue weighted by Crippen LogP contribution is -2.19. The third kappa shape index (κ3) is 9.80. The van der Waals surface area contributed by atoms with Crippen molar-refractivity contribution in [1.29, 1.82) is 0 Å². The van der Waals surface area contributed by atoms with E-state index in [4.69, 9.17) is 4.74 Å². The number of carbonyl (C=O) groups excluding carboxylic acids is 1. The Balaban J connectivity index is 1.43. The van der Waals surface area contributed by atoms with E-state index in [1.807, 2.05) is 12.1 Å². The van der Waals surface area contributed by atoms with Crippen LogP contribution >= 0.6 is 0 Å². The molecule has 2 amide bonds. The van der Waals surface area contributed by atoms with Gasteiger partial charge in [-0.15, -0.1) is 13.2 Å². The molecule has 0 unspecified atom stereocenters. The number of phenols is 1. The van der Waals surface area contributed by atoms with E-state index in [0.717, 1.165) is 11.8 Å².